The van der Waals surface area contributed by atoms with Crippen molar-refractivity contribution < 1.29 is 0 Å². The highest BCUT2D eigenvalue weighted by Gasteiger charge is 2.17. The van der Waals surface area contributed by atoms with Crippen LogP contribution in [0.4, 0.5) is 0 Å². The first-order chi connectivity index (χ1) is 8.52. The minimum atomic E-state index is -0.112. The molecule has 0 fully saturated rings. The number of aromatic nitrogens is 5. The van der Waals surface area contributed by atoms with Crippen LogP contribution in [0.3, 0.4) is 0 Å². The Hall–Kier alpha value is -2.11. The molecular weight excluding hydrogens is 230 g/mol. The molecule has 0 spiro atoms. The van der Waals surface area contributed by atoms with Crippen molar-refractivity contribution in [2.24, 2.45) is 14.1 Å². The van der Waals surface area contributed by atoms with Crippen LogP contribution in [0.15, 0.2) is 17.3 Å². The molecule has 3 rings (SSSR count). The van der Waals surface area contributed by atoms with Gasteiger partial charge in [-0.3, -0.25) is 13.8 Å². The maximum absolute atomic E-state index is 12.2. The summed E-state index contributed by atoms with van der Waals surface area (Å²) >= 11 is 0. The van der Waals surface area contributed by atoms with E-state index in [4.69, 9.17) is 0 Å². The minimum absolute atomic E-state index is 0.112. The zero-order valence-electron chi connectivity index (χ0n) is 10.9. The number of hydrogen-bond acceptors (Lipinski definition) is 3. The van der Waals surface area contributed by atoms with Crippen LogP contribution in [0.5, 0.6) is 0 Å². The first-order valence-corrected chi connectivity index (χ1v) is 5.89. The molecule has 6 nitrogen and oxygen atoms in total. The van der Waals surface area contributed by atoms with Gasteiger partial charge in [-0.25, -0.2) is 9.97 Å². The Balaban J connectivity index is 2.68. The van der Waals surface area contributed by atoms with E-state index < -0.39 is 0 Å². The summed E-state index contributed by atoms with van der Waals surface area (Å²) in [6, 6.07) is 0. The van der Waals surface area contributed by atoms with Crippen molar-refractivity contribution in [1.29, 1.82) is 0 Å². The molecule has 0 N–H and O–H groups in total. The van der Waals surface area contributed by atoms with Crippen LogP contribution < -0.4 is 5.56 Å². The maximum Gasteiger partial charge on any atom is 0.282 e. The van der Waals surface area contributed by atoms with Gasteiger partial charge in [-0.15, -0.1) is 0 Å². The summed E-state index contributed by atoms with van der Waals surface area (Å²) in [5.41, 5.74) is 2.25. The lowest BCUT2D eigenvalue weighted by molar-refractivity contribution is 0.783. The molecule has 6 heteroatoms. The lowest BCUT2D eigenvalue weighted by atomic mass is 10.1. The molecule has 0 unspecified atom stereocenters. The molecule has 0 amide bonds. The summed E-state index contributed by atoms with van der Waals surface area (Å²) in [7, 11) is 3.61. The first-order valence-electron chi connectivity index (χ1n) is 5.89. The molecule has 0 aliphatic carbocycles. The van der Waals surface area contributed by atoms with Crippen molar-refractivity contribution in [1.82, 2.24) is 23.5 Å². The number of hydrogen-bond donors (Lipinski definition) is 0. The predicted octanol–water partition coefficient (Wildman–Crippen LogP) is 1.04. The molecule has 94 valence electrons. The topological polar surface area (TPSA) is 57.1 Å². The SMILES string of the molecule is CC(C)c1cnc2n(C)c(=O)c3ncn(C)c3n12. The van der Waals surface area contributed by atoms with Gasteiger partial charge in [0.05, 0.1) is 12.5 Å². The summed E-state index contributed by atoms with van der Waals surface area (Å²) < 4.78 is 5.41. The Morgan fingerprint density at radius 1 is 1.22 bits per heavy atom. The smallest absolute Gasteiger partial charge is 0.282 e. The zero-order valence-corrected chi connectivity index (χ0v) is 10.9. The van der Waals surface area contributed by atoms with Crippen LogP contribution in [0.2, 0.25) is 0 Å². The number of imidazole rings is 2. The Bertz CT molecular complexity index is 805. The number of fused-ring (bicyclic) bond motifs is 3. The van der Waals surface area contributed by atoms with E-state index in [1.165, 1.54) is 0 Å². The van der Waals surface area contributed by atoms with Gasteiger partial charge >= 0.3 is 0 Å². The first kappa shape index (κ1) is 11.0. The molecule has 0 aliphatic rings. The number of aryl methyl sites for hydroxylation is 2. The van der Waals surface area contributed by atoms with E-state index in [1.54, 1.807) is 17.9 Å². The molecule has 0 bridgehead atoms. The third-order valence-electron chi connectivity index (χ3n) is 3.29. The third kappa shape index (κ3) is 1.20. The highest BCUT2D eigenvalue weighted by Crippen LogP contribution is 2.19. The van der Waals surface area contributed by atoms with Crippen molar-refractivity contribution in [2.45, 2.75) is 19.8 Å². The molecule has 0 atom stereocenters. The molecular formula is C12H15N5O. The van der Waals surface area contributed by atoms with E-state index in [-0.39, 0.29) is 5.56 Å². The van der Waals surface area contributed by atoms with Crippen LogP contribution in [0, 0.1) is 0 Å². The summed E-state index contributed by atoms with van der Waals surface area (Å²) in [5.74, 6) is 0.982. The maximum atomic E-state index is 12.2. The fourth-order valence-corrected chi connectivity index (χ4v) is 2.30. The molecule has 0 radical (unpaired) electrons. The standard InChI is InChI=1S/C12H15N5O/c1-7(2)8-5-13-12-16(4)11(18)9-10(17(8)12)15(3)6-14-9/h5-7H,1-4H3. The van der Waals surface area contributed by atoms with Gasteiger partial charge in [-0.2, -0.15) is 0 Å². The molecule has 3 aromatic heterocycles. The third-order valence-corrected chi connectivity index (χ3v) is 3.29. The highest BCUT2D eigenvalue weighted by molar-refractivity contribution is 5.73. The predicted molar refractivity (Wildman–Crippen MR) is 68.8 cm³/mol. The fourth-order valence-electron chi connectivity index (χ4n) is 2.30. The molecule has 0 aromatic carbocycles. The van der Waals surface area contributed by atoms with Crippen molar-refractivity contribution in [3.63, 3.8) is 0 Å². The number of rotatable bonds is 1. The van der Waals surface area contributed by atoms with Crippen molar-refractivity contribution >= 4 is 16.9 Å². The average molecular weight is 245 g/mol. The number of nitrogens with zero attached hydrogens (tertiary/aromatic N) is 5. The van der Waals surface area contributed by atoms with E-state index in [2.05, 4.69) is 23.8 Å². The summed E-state index contributed by atoms with van der Waals surface area (Å²) in [5, 5.41) is 0. The zero-order chi connectivity index (χ0) is 13.0. The van der Waals surface area contributed by atoms with Crippen LogP contribution in [-0.2, 0) is 14.1 Å². The Kier molecular flexibility index (Phi) is 2.10. The van der Waals surface area contributed by atoms with E-state index in [0.717, 1.165) is 11.3 Å². The fraction of sp³-hybridized carbons (Fsp3) is 0.417. The van der Waals surface area contributed by atoms with Crippen LogP contribution in [0.25, 0.3) is 16.9 Å². The quantitative estimate of drug-likeness (QED) is 0.643. The van der Waals surface area contributed by atoms with Crippen LogP contribution >= 0.6 is 0 Å². The van der Waals surface area contributed by atoms with Gasteiger partial charge in [0.25, 0.3) is 5.56 Å². The second-order valence-electron chi connectivity index (χ2n) is 4.87. The van der Waals surface area contributed by atoms with Gasteiger partial charge in [0.1, 0.15) is 0 Å². The van der Waals surface area contributed by atoms with Crippen LogP contribution in [0.1, 0.15) is 25.5 Å². The van der Waals surface area contributed by atoms with Gasteiger partial charge in [0, 0.05) is 19.8 Å². The van der Waals surface area contributed by atoms with E-state index >= 15 is 0 Å². The van der Waals surface area contributed by atoms with Gasteiger partial charge in [0.15, 0.2) is 11.2 Å². The summed E-state index contributed by atoms with van der Waals surface area (Å²) in [4.78, 5) is 20.7. The normalized spacial score (nSPS) is 12.1. The Labute approximate surface area is 104 Å². The minimum Gasteiger partial charge on any atom is -0.319 e. The lowest BCUT2D eigenvalue weighted by Crippen LogP contribution is -2.21. The van der Waals surface area contributed by atoms with Crippen molar-refractivity contribution in [3.8, 4) is 0 Å². The molecule has 3 aromatic rings. The van der Waals surface area contributed by atoms with Gasteiger partial charge in [-0.1, -0.05) is 13.8 Å². The summed E-state index contributed by atoms with van der Waals surface area (Å²) in [6.45, 7) is 4.22. The van der Waals surface area contributed by atoms with Crippen molar-refractivity contribution in [3.05, 3.63) is 28.6 Å². The van der Waals surface area contributed by atoms with Gasteiger partial charge in [0.2, 0.25) is 5.78 Å². The van der Waals surface area contributed by atoms with Gasteiger partial charge in [-0.05, 0) is 5.92 Å². The molecule has 0 aliphatic heterocycles. The van der Waals surface area contributed by atoms with E-state index in [9.17, 15) is 4.79 Å². The highest BCUT2D eigenvalue weighted by atomic mass is 16.1. The lowest BCUT2D eigenvalue weighted by Gasteiger charge is -2.09. The van der Waals surface area contributed by atoms with E-state index in [0.29, 0.717) is 17.2 Å². The average Bonchev–Trinajstić information content (AvgIpc) is 2.89. The second kappa shape index (κ2) is 3.44. The monoisotopic (exact) mass is 245 g/mol. The Morgan fingerprint density at radius 2 is 1.94 bits per heavy atom. The largest absolute Gasteiger partial charge is 0.319 e. The second-order valence-corrected chi connectivity index (χ2v) is 4.87. The molecule has 0 saturated heterocycles. The molecule has 3 heterocycles. The van der Waals surface area contributed by atoms with Crippen molar-refractivity contribution in [2.75, 3.05) is 0 Å². The molecule has 0 saturated carbocycles. The molecule has 18 heavy (non-hydrogen) atoms. The van der Waals surface area contributed by atoms with Gasteiger partial charge < -0.3 is 4.57 Å². The van der Waals surface area contributed by atoms with E-state index in [1.807, 2.05) is 22.2 Å². The van der Waals surface area contributed by atoms with Crippen LogP contribution in [-0.4, -0.2) is 23.5 Å². The Morgan fingerprint density at radius 3 is 2.61 bits per heavy atom. The summed E-state index contributed by atoms with van der Waals surface area (Å²) in [6.07, 6.45) is 3.49.